The molecule has 2 N–H and O–H groups in total. The molecule has 0 fully saturated rings. The predicted molar refractivity (Wildman–Crippen MR) is 76.8 cm³/mol. The fourth-order valence-electron chi connectivity index (χ4n) is 1.78. The van der Waals surface area contributed by atoms with E-state index in [0.717, 1.165) is 38.2 Å². The first-order chi connectivity index (χ1) is 9.19. The Morgan fingerprint density at radius 1 is 1.32 bits per heavy atom. The Balaban J connectivity index is 2.34. The Bertz CT molecular complexity index is 368. The highest BCUT2D eigenvalue weighted by Crippen LogP contribution is 2.28. The first-order valence-electron chi connectivity index (χ1n) is 6.87. The Kier molecular flexibility index (Phi) is 7.30. The zero-order valence-corrected chi connectivity index (χ0v) is 12.1. The van der Waals surface area contributed by atoms with Crippen LogP contribution in [0.4, 0.5) is 0 Å². The molecule has 1 rings (SSSR count). The van der Waals surface area contributed by atoms with E-state index < -0.39 is 0 Å². The number of ether oxygens (including phenoxy) is 2. The van der Waals surface area contributed by atoms with E-state index in [2.05, 4.69) is 19.2 Å². The van der Waals surface area contributed by atoms with Gasteiger partial charge in [-0.15, -0.1) is 0 Å². The monoisotopic (exact) mass is 267 g/mol. The molecule has 0 aliphatic rings. The number of hydrogen-bond donors (Lipinski definition) is 2. The third kappa shape index (κ3) is 5.49. The highest BCUT2D eigenvalue weighted by Gasteiger charge is 2.08. The van der Waals surface area contributed by atoms with Gasteiger partial charge in [0, 0.05) is 19.2 Å². The largest absolute Gasteiger partial charge is 0.504 e. The molecule has 1 atom stereocenters. The molecule has 1 aromatic rings. The van der Waals surface area contributed by atoms with Crippen LogP contribution < -0.4 is 10.1 Å². The van der Waals surface area contributed by atoms with Crippen LogP contribution in [0.15, 0.2) is 18.2 Å². The van der Waals surface area contributed by atoms with Crippen molar-refractivity contribution in [2.45, 2.75) is 32.7 Å². The molecular formula is C15H25NO3. The van der Waals surface area contributed by atoms with Crippen molar-refractivity contribution >= 4 is 0 Å². The number of nitrogens with one attached hydrogen (secondary N) is 1. The van der Waals surface area contributed by atoms with E-state index in [1.54, 1.807) is 13.2 Å². The smallest absolute Gasteiger partial charge is 0.160 e. The maximum absolute atomic E-state index is 9.55. The summed E-state index contributed by atoms with van der Waals surface area (Å²) >= 11 is 0. The second kappa shape index (κ2) is 8.77. The molecule has 1 aromatic carbocycles. The molecule has 108 valence electrons. The predicted octanol–water partition coefficient (Wildman–Crippen LogP) is 2.87. The van der Waals surface area contributed by atoms with Gasteiger partial charge in [-0.1, -0.05) is 19.4 Å². The van der Waals surface area contributed by atoms with Crippen molar-refractivity contribution in [2.24, 2.45) is 0 Å². The Hall–Kier alpha value is -1.26. The fourth-order valence-corrected chi connectivity index (χ4v) is 1.78. The van der Waals surface area contributed by atoms with Crippen LogP contribution >= 0.6 is 0 Å². The summed E-state index contributed by atoms with van der Waals surface area (Å²) in [5, 5.41) is 12.9. The minimum atomic E-state index is 0.168. The highest BCUT2D eigenvalue weighted by molar-refractivity contribution is 5.42. The average molecular weight is 267 g/mol. The molecule has 4 heteroatoms. The quantitative estimate of drug-likeness (QED) is 0.675. The van der Waals surface area contributed by atoms with Crippen molar-refractivity contribution in [3.8, 4) is 11.5 Å². The Labute approximate surface area is 115 Å². The number of methoxy groups -OCH3 is 1. The number of rotatable bonds is 9. The van der Waals surface area contributed by atoms with Gasteiger partial charge in [0.15, 0.2) is 11.5 Å². The number of hydrogen-bond acceptors (Lipinski definition) is 4. The summed E-state index contributed by atoms with van der Waals surface area (Å²) in [5.41, 5.74) is 1.09. The minimum Gasteiger partial charge on any atom is -0.504 e. The van der Waals surface area contributed by atoms with Crippen LogP contribution in [0.3, 0.4) is 0 Å². The summed E-state index contributed by atoms with van der Waals surface area (Å²) in [6.07, 6.45) is 2.28. The van der Waals surface area contributed by atoms with Gasteiger partial charge >= 0.3 is 0 Å². The van der Waals surface area contributed by atoms with E-state index >= 15 is 0 Å². The topological polar surface area (TPSA) is 50.7 Å². The molecule has 0 radical (unpaired) electrons. The van der Waals surface area contributed by atoms with Crippen LogP contribution in [0.2, 0.25) is 0 Å². The van der Waals surface area contributed by atoms with Gasteiger partial charge in [-0.25, -0.2) is 0 Å². The molecule has 19 heavy (non-hydrogen) atoms. The van der Waals surface area contributed by atoms with Gasteiger partial charge in [-0.3, -0.25) is 0 Å². The summed E-state index contributed by atoms with van der Waals surface area (Å²) in [6.45, 7) is 6.60. The zero-order chi connectivity index (χ0) is 14.1. The van der Waals surface area contributed by atoms with Gasteiger partial charge in [0.25, 0.3) is 0 Å². The highest BCUT2D eigenvalue weighted by atomic mass is 16.5. The van der Waals surface area contributed by atoms with E-state index in [4.69, 9.17) is 9.47 Å². The summed E-state index contributed by atoms with van der Waals surface area (Å²) in [5.74, 6) is 0.673. The molecule has 0 aliphatic carbocycles. The molecule has 4 nitrogen and oxygen atoms in total. The molecular weight excluding hydrogens is 242 g/mol. The number of aromatic hydroxyl groups is 1. The summed E-state index contributed by atoms with van der Waals surface area (Å²) in [7, 11) is 1.55. The van der Waals surface area contributed by atoms with E-state index in [-0.39, 0.29) is 11.8 Å². The Morgan fingerprint density at radius 3 is 2.79 bits per heavy atom. The molecule has 0 spiro atoms. The fraction of sp³-hybridized carbons (Fsp3) is 0.600. The average Bonchev–Trinajstić information content (AvgIpc) is 2.43. The van der Waals surface area contributed by atoms with Gasteiger partial charge in [0.1, 0.15) is 0 Å². The lowest BCUT2D eigenvalue weighted by Gasteiger charge is -2.15. The van der Waals surface area contributed by atoms with E-state index in [9.17, 15) is 5.11 Å². The van der Waals surface area contributed by atoms with Crippen LogP contribution in [0.25, 0.3) is 0 Å². The van der Waals surface area contributed by atoms with Crippen LogP contribution in [0, 0.1) is 0 Å². The van der Waals surface area contributed by atoms with E-state index in [1.165, 1.54) is 0 Å². The van der Waals surface area contributed by atoms with Crippen LogP contribution in [-0.4, -0.2) is 32.0 Å². The van der Waals surface area contributed by atoms with E-state index in [1.807, 2.05) is 12.1 Å². The summed E-state index contributed by atoms with van der Waals surface area (Å²) < 4.78 is 10.6. The maximum Gasteiger partial charge on any atom is 0.160 e. The van der Waals surface area contributed by atoms with Crippen molar-refractivity contribution in [1.29, 1.82) is 0 Å². The van der Waals surface area contributed by atoms with Gasteiger partial charge in [-0.2, -0.15) is 0 Å². The van der Waals surface area contributed by atoms with Crippen molar-refractivity contribution < 1.29 is 14.6 Å². The number of unbranched alkanes of at least 4 members (excludes halogenated alkanes) is 1. The maximum atomic E-state index is 9.55. The lowest BCUT2D eigenvalue weighted by molar-refractivity contribution is 0.131. The number of benzene rings is 1. The number of phenols is 1. The van der Waals surface area contributed by atoms with E-state index in [0.29, 0.717) is 5.75 Å². The van der Waals surface area contributed by atoms with Gasteiger partial charge < -0.3 is 19.9 Å². The van der Waals surface area contributed by atoms with Crippen molar-refractivity contribution in [3.63, 3.8) is 0 Å². The molecule has 1 unspecified atom stereocenters. The van der Waals surface area contributed by atoms with Gasteiger partial charge in [0.2, 0.25) is 0 Å². The first kappa shape index (κ1) is 15.8. The first-order valence-corrected chi connectivity index (χ1v) is 6.87. The zero-order valence-electron chi connectivity index (χ0n) is 12.1. The van der Waals surface area contributed by atoms with Crippen molar-refractivity contribution in [3.05, 3.63) is 23.8 Å². The second-order valence-electron chi connectivity index (χ2n) is 4.57. The molecule has 0 bridgehead atoms. The summed E-state index contributed by atoms with van der Waals surface area (Å²) in [6, 6.07) is 5.60. The third-order valence-electron chi connectivity index (χ3n) is 3.04. The van der Waals surface area contributed by atoms with Crippen LogP contribution in [0.5, 0.6) is 11.5 Å². The lowest BCUT2D eigenvalue weighted by Crippen LogP contribution is -2.23. The van der Waals surface area contributed by atoms with Gasteiger partial charge in [-0.05, 0) is 31.0 Å². The molecule has 0 aromatic heterocycles. The standard InChI is InChI=1S/C15H25NO3/c1-4-5-9-19-10-8-16-12(2)13-6-7-14(17)15(11-13)18-3/h6-7,11-12,16-17H,4-5,8-10H2,1-3H3. The van der Waals surface area contributed by atoms with Crippen molar-refractivity contribution in [1.82, 2.24) is 5.32 Å². The lowest BCUT2D eigenvalue weighted by atomic mass is 10.1. The summed E-state index contributed by atoms with van der Waals surface area (Å²) in [4.78, 5) is 0. The molecule has 0 heterocycles. The normalized spacial score (nSPS) is 12.4. The molecule has 0 aliphatic heterocycles. The van der Waals surface area contributed by atoms with Gasteiger partial charge in [0.05, 0.1) is 13.7 Å². The van der Waals surface area contributed by atoms with Crippen LogP contribution in [-0.2, 0) is 4.74 Å². The Morgan fingerprint density at radius 2 is 2.11 bits per heavy atom. The molecule has 0 saturated heterocycles. The SMILES string of the molecule is CCCCOCCNC(C)c1ccc(O)c(OC)c1. The third-order valence-corrected chi connectivity index (χ3v) is 3.04. The van der Waals surface area contributed by atoms with Crippen molar-refractivity contribution in [2.75, 3.05) is 26.9 Å². The van der Waals surface area contributed by atoms with Crippen LogP contribution in [0.1, 0.15) is 38.3 Å². The number of phenolic OH excluding ortho intramolecular Hbond substituents is 1. The second-order valence-corrected chi connectivity index (χ2v) is 4.57. The molecule has 0 amide bonds. The minimum absolute atomic E-state index is 0.168. The molecule has 0 saturated carbocycles.